The molecule has 5 nitrogen and oxygen atoms in total. The molecule has 2 amide bonds. The summed E-state index contributed by atoms with van der Waals surface area (Å²) in [6, 6.07) is 4.56. The van der Waals surface area contributed by atoms with Crippen LogP contribution in [0.25, 0.3) is 0 Å². The van der Waals surface area contributed by atoms with Crippen LogP contribution in [0.15, 0.2) is 18.2 Å². The van der Waals surface area contributed by atoms with Crippen LogP contribution in [0, 0.1) is 12.8 Å². The normalized spacial score (nSPS) is 19.2. The van der Waals surface area contributed by atoms with Crippen LogP contribution < -0.4 is 4.90 Å². The molecule has 1 aromatic carbocycles. The van der Waals surface area contributed by atoms with Crippen molar-refractivity contribution < 1.29 is 19.2 Å². The third-order valence-corrected chi connectivity index (χ3v) is 3.18. The number of anilines is 1. The Labute approximate surface area is 114 Å². The lowest BCUT2D eigenvalue weighted by atomic mass is 10.0. The smallest absolute Gasteiger partial charge is 0.299 e. The van der Waals surface area contributed by atoms with Gasteiger partial charge in [0.05, 0.1) is 5.69 Å². The minimum atomic E-state index is -1.51. The molecule has 0 spiro atoms. The maximum absolute atomic E-state index is 12.0. The Bertz CT molecular complexity index is 623. The lowest BCUT2D eigenvalue weighted by molar-refractivity contribution is -0.139. The number of rotatable bonds is 2. The molecule has 0 aliphatic carbocycles. The van der Waals surface area contributed by atoms with Gasteiger partial charge in [-0.05, 0) is 37.6 Å². The number of carbonyl (C=O) groups excluding carboxylic acids is 4. The van der Waals surface area contributed by atoms with Crippen LogP contribution in [0.5, 0.6) is 0 Å². The average molecular weight is 280 g/mol. The first-order valence-electron chi connectivity index (χ1n) is 5.53. The van der Waals surface area contributed by atoms with E-state index in [9.17, 15) is 19.2 Å². The zero-order valence-corrected chi connectivity index (χ0v) is 11.0. The summed E-state index contributed by atoms with van der Waals surface area (Å²) in [7, 11) is 0. The van der Waals surface area contributed by atoms with E-state index in [4.69, 9.17) is 11.6 Å². The van der Waals surface area contributed by atoms with Gasteiger partial charge in [0.2, 0.25) is 5.78 Å². The fourth-order valence-electron chi connectivity index (χ4n) is 2.03. The highest BCUT2D eigenvalue weighted by Crippen LogP contribution is 2.29. The van der Waals surface area contributed by atoms with Gasteiger partial charge in [0.25, 0.3) is 5.91 Å². The number of nitrogens with zero attached hydrogens (tertiary/aromatic N) is 1. The standard InChI is InChI=1S/C13H10ClNO4/c1-6-5-8(14)3-4-9(6)15-12(18)10(7(2)16)11(17)13(15)19/h3-5,10H,1-2H3/t10-/m1/s1. The van der Waals surface area contributed by atoms with Crippen molar-refractivity contribution in [2.45, 2.75) is 13.8 Å². The van der Waals surface area contributed by atoms with E-state index < -0.39 is 29.3 Å². The molecule has 2 rings (SSSR count). The Hall–Kier alpha value is -2.01. The van der Waals surface area contributed by atoms with E-state index in [0.29, 0.717) is 10.6 Å². The van der Waals surface area contributed by atoms with Crippen LogP contribution in [0.2, 0.25) is 5.02 Å². The maximum Gasteiger partial charge on any atom is 0.302 e. The second-order valence-corrected chi connectivity index (χ2v) is 4.75. The molecule has 0 N–H and O–H groups in total. The number of hydrogen-bond donors (Lipinski definition) is 0. The SMILES string of the molecule is CC(=O)[C@@H]1C(=O)C(=O)N(c2ccc(Cl)cc2C)C1=O. The monoisotopic (exact) mass is 279 g/mol. The van der Waals surface area contributed by atoms with E-state index in [0.717, 1.165) is 11.8 Å². The van der Waals surface area contributed by atoms with Crippen LogP contribution in [0.4, 0.5) is 5.69 Å². The Kier molecular flexibility index (Phi) is 3.24. The van der Waals surface area contributed by atoms with Gasteiger partial charge in [0.1, 0.15) is 5.78 Å². The average Bonchev–Trinajstić information content (AvgIpc) is 2.52. The summed E-state index contributed by atoms with van der Waals surface area (Å²) >= 11 is 5.79. The summed E-state index contributed by atoms with van der Waals surface area (Å²) in [6.45, 7) is 2.78. The highest BCUT2D eigenvalue weighted by Gasteiger charge is 2.50. The molecule has 0 unspecified atom stereocenters. The fraction of sp³-hybridized carbons (Fsp3) is 0.231. The topological polar surface area (TPSA) is 71.5 Å². The van der Waals surface area contributed by atoms with Crippen molar-refractivity contribution >= 4 is 40.7 Å². The highest BCUT2D eigenvalue weighted by atomic mass is 35.5. The molecule has 1 aliphatic rings. The third kappa shape index (κ3) is 2.06. The van der Waals surface area contributed by atoms with Gasteiger partial charge < -0.3 is 0 Å². The first-order chi connectivity index (χ1) is 8.84. The maximum atomic E-state index is 12.0. The Morgan fingerprint density at radius 2 is 1.89 bits per heavy atom. The molecule has 0 aromatic heterocycles. The predicted octanol–water partition coefficient (Wildman–Crippen LogP) is 1.30. The number of ketones is 2. The first-order valence-corrected chi connectivity index (χ1v) is 5.91. The van der Waals surface area contributed by atoms with Gasteiger partial charge in [-0.1, -0.05) is 11.6 Å². The van der Waals surface area contributed by atoms with Crippen molar-refractivity contribution in [2.75, 3.05) is 4.90 Å². The van der Waals surface area contributed by atoms with Crippen LogP contribution in [0.3, 0.4) is 0 Å². The van der Waals surface area contributed by atoms with Crippen molar-refractivity contribution in [1.82, 2.24) is 0 Å². The van der Waals surface area contributed by atoms with E-state index in [1.165, 1.54) is 12.1 Å². The van der Waals surface area contributed by atoms with Gasteiger partial charge in [-0.15, -0.1) is 0 Å². The van der Waals surface area contributed by atoms with Crippen molar-refractivity contribution in [3.63, 3.8) is 0 Å². The Morgan fingerprint density at radius 1 is 1.26 bits per heavy atom. The molecular weight excluding hydrogens is 270 g/mol. The predicted molar refractivity (Wildman–Crippen MR) is 67.9 cm³/mol. The molecular formula is C13H10ClNO4. The van der Waals surface area contributed by atoms with E-state index in [2.05, 4.69) is 0 Å². The zero-order valence-electron chi connectivity index (χ0n) is 10.3. The van der Waals surface area contributed by atoms with Crippen LogP contribution >= 0.6 is 11.6 Å². The number of halogens is 1. The molecule has 1 heterocycles. The van der Waals surface area contributed by atoms with E-state index >= 15 is 0 Å². The number of Topliss-reactive ketones (excluding diaryl/α,β-unsaturated/α-hetero) is 2. The second kappa shape index (κ2) is 4.59. The lowest BCUT2D eigenvalue weighted by Crippen LogP contribution is -2.32. The quantitative estimate of drug-likeness (QED) is 0.465. The van der Waals surface area contributed by atoms with Crippen LogP contribution in [-0.2, 0) is 19.2 Å². The molecule has 98 valence electrons. The number of carbonyl (C=O) groups is 4. The van der Waals surface area contributed by atoms with Crippen LogP contribution in [0.1, 0.15) is 12.5 Å². The number of aryl methyl sites for hydroxylation is 1. The Balaban J connectivity index is 2.51. The van der Waals surface area contributed by atoms with Crippen LogP contribution in [-0.4, -0.2) is 23.4 Å². The van der Waals surface area contributed by atoms with Gasteiger partial charge in [0.15, 0.2) is 5.92 Å². The molecule has 0 radical (unpaired) electrons. The van der Waals surface area contributed by atoms with E-state index in [1.54, 1.807) is 13.0 Å². The van der Waals surface area contributed by atoms with E-state index in [-0.39, 0.29) is 5.69 Å². The number of imide groups is 1. The summed E-state index contributed by atoms with van der Waals surface area (Å²) in [5.41, 5.74) is 0.850. The molecule has 19 heavy (non-hydrogen) atoms. The lowest BCUT2D eigenvalue weighted by Gasteiger charge is -2.16. The largest absolute Gasteiger partial charge is 0.302 e. The van der Waals surface area contributed by atoms with Gasteiger partial charge >= 0.3 is 5.91 Å². The Morgan fingerprint density at radius 3 is 2.37 bits per heavy atom. The summed E-state index contributed by atoms with van der Waals surface area (Å²) < 4.78 is 0. The van der Waals surface area contributed by atoms with Crippen molar-refractivity contribution in [3.8, 4) is 0 Å². The fourth-order valence-corrected chi connectivity index (χ4v) is 2.26. The third-order valence-electron chi connectivity index (χ3n) is 2.95. The minimum Gasteiger partial charge on any atom is -0.299 e. The second-order valence-electron chi connectivity index (χ2n) is 4.32. The summed E-state index contributed by atoms with van der Waals surface area (Å²) in [5.74, 6) is -4.89. The molecule has 1 aliphatic heterocycles. The molecule has 0 saturated carbocycles. The summed E-state index contributed by atoms with van der Waals surface area (Å²) in [5, 5.41) is 0.454. The highest BCUT2D eigenvalue weighted by molar-refractivity contribution is 6.59. The minimum absolute atomic E-state index is 0.275. The molecule has 6 heteroatoms. The molecule has 1 fully saturated rings. The molecule has 1 atom stereocenters. The summed E-state index contributed by atoms with van der Waals surface area (Å²) in [6.07, 6.45) is 0. The molecule has 1 saturated heterocycles. The van der Waals surface area contributed by atoms with Gasteiger partial charge in [-0.25, -0.2) is 4.90 Å². The van der Waals surface area contributed by atoms with Crippen molar-refractivity contribution in [3.05, 3.63) is 28.8 Å². The summed E-state index contributed by atoms with van der Waals surface area (Å²) in [4.78, 5) is 47.6. The van der Waals surface area contributed by atoms with E-state index in [1.807, 2.05) is 0 Å². The van der Waals surface area contributed by atoms with Gasteiger partial charge in [0, 0.05) is 5.02 Å². The molecule has 1 aromatic rings. The van der Waals surface area contributed by atoms with Crippen molar-refractivity contribution in [1.29, 1.82) is 0 Å². The molecule has 0 bridgehead atoms. The number of benzene rings is 1. The van der Waals surface area contributed by atoms with Crippen molar-refractivity contribution in [2.24, 2.45) is 5.92 Å². The first kappa shape index (κ1) is 13.4. The van der Waals surface area contributed by atoms with Gasteiger partial charge in [-0.3, -0.25) is 19.2 Å². The number of amides is 2. The number of hydrogen-bond acceptors (Lipinski definition) is 4. The van der Waals surface area contributed by atoms with Gasteiger partial charge in [-0.2, -0.15) is 0 Å². The zero-order chi connectivity index (χ0) is 14.3.